The third kappa shape index (κ3) is 5.01. The molecule has 1 amide bonds. The molecular weight excluding hydrogens is 300 g/mol. The van der Waals surface area contributed by atoms with Crippen molar-refractivity contribution in [2.24, 2.45) is 0 Å². The highest BCUT2D eigenvalue weighted by Gasteiger charge is 2.07. The van der Waals surface area contributed by atoms with Crippen molar-refractivity contribution in [2.75, 3.05) is 23.8 Å². The lowest BCUT2D eigenvalue weighted by molar-refractivity contribution is -0.114. The standard InChI is InChI=1S/C20H26N2O2/c1-4-15(3)16-10-12-17(13-11-16)22-20(23)14-21-18-8-6-7-9-19(18)24-5-2/h6-13,15,21H,4-5,14H2,1-3H3,(H,22,23)/t15-/m0/s1. The molecule has 0 unspecified atom stereocenters. The summed E-state index contributed by atoms with van der Waals surface area (Å²) in [5, 5.41) is 6.03. The van der Waals surface area contributed by atoms with Gasteiger partial charge in [0.25, 0.3) is 0 Å². The van der Waals surface area contributed by atoms with E-state index >= 15 is 0 Å². The number of hydrogen-bond donors (Lipinski definition) is 2. The summed E-state index contributed by atoms with van der Waals surface area (Å²) in [7, 11) is 0. The monoisotopic (exact) mass is 326 g/mol. The Morgan fingerprint density at radius 2 is 1.79 bits per heavy atom. The number of benzene rings is 2. The fraction of sp³-hybridized carbons (Fsp3) is 0.350. The molecule has 0 saturated heterocycles. The van der Waals surface area contributed by atoms with Gasteiger partial charge in [-0.1, -0.05) is 38.1 Å². The zero-order valence-corrected chi connectivity index (χ0v) is 14.6. The highest BCUT2D eigenvalue weighted by atomic mass is 16.5. The Morgan fingerprint density at radius 1 is 1.08 bits per heavy atom. The van der Waals surface area contributed by atoms with Crippen LogP contribution in [0.4, 0.5) is 11.4 Å². The number of nitrogens with one attached hydrogen (secondary N) is 2. The third-order valence-electron chi connectivity index (χ3n) is 4.00. The van der Waals surface area contributed by atoms with E-state index in [4.69, 9.17) is 4.74 Å². The first-order valence-electron chi connectivity index (χ1n) is 8.49. The minimum absolute atomic E-state index is 0.0856. The molecule has 0 radical (unpaired) electrons. The average Bonchev–Trinajstić information content (AvgIpc) is 2.61. The Bertz CT molecular complexity index is 653. The molecule has 0 heterocycles. The Kier molecular flexibility index (Phi) is 6.67. The molecule has 2 rings (SSSR count). The number of rotatable bonds is 8. The lowest BCUT2D eigenvalue weighted by Crippen LogP contribution is -2.22. The highest BCUT2D eigenvalue weighted by molar-refractivity contribution is 5.93. The highest BCUT2D eigenvalue weighted by Crippen LogP contribution is 2.23. The zero-order chi connectivity index (χ0) is 17.4. The lowest BCUT2D eigenvalue weighted by atomic mass is 9.99. The molecule has 0 fully saturated rings. The molecule has 0 aliphatic carbocycles. The van der Waals surface area contributed by atoms with Gasteiger partial charge in [0.15, 0.2) is 0 Å². The lowest BCUT2D eigenvalue weighted by Gasteiger charge is -2.13. The van der Waals surface area contributed by atoms with E-state index < -0.39 is 0 Å². The van der Waals surface area contributed by atoms with Crippen LogP contribution in [-0.4, -0.2) is 19.1 Å². The molecule has 4 nitrogen and oxygen atoms in total. The normalized spacial score (nSPS) is 11.6. The first-order valence-corrected chi connectivity index (χ1v) is 8.49. The molecule has 0 aromatic heterocycles. The molecule has 4 heteroatoms. The quantitative estimate of drug-likeness (QED) is 0.742. The molecule has 0 aliphatic rings. The van der Waals surface area contributed by atoms with Gasteiger partial charge in [-0.05, 0) is 49.1 Å². The van der Waals surface area contributed by atoms with Crippen molar-refractivity contribution in [1.82, 2.24) is 0 Å². The SMILES string of the molecule is CCOc1ccccc1NCC(=O)Nc1ccc([C@@H](C)CC)cc1. The maximum atomic E-state index is 12.1. The molecule has 0 aliphatic heterocycles. The van der Waals surface area contributed by atoms with Gasteiger partial charge >= 0.3 is 0 Å². The van der Waals surface area contributed by atoms with Crippen LogP contribution in [-0.2, 0) is 4.79 Å². The van der Waals surface area contributed by atoms with E-state index in [0.717, 1.165) is 23.5 Å². The van der Waals surface area contributed by atoms with Crippen molar-refractivity contribution in [3.8, 4) is 5.75 Å². The summed E-state index contributed by atoms with van der Waals surface area (Å²) in [6, 6.07) is 15.7. The molecule has 24 heavy (non-hydrogen) atoms. The number of anilines is 2. The molecule has 0 saturated carbocycles. The first-order chi connectivity index (χ1) is 11.6. The average molecular weight is 326 g/mol. The van der Waals surface area contributed by atoms with Crippen LogP contribution in [0.2, 0.25) is 0 Å². The van der Waals surface area contributed by atoms with Crippen LogP contribution in [0, 0.1) is 0 Å². The van der Waals surface area contributed by atoms with E-state index in [9.17, 15) is 4.79 Å². The number of amides is 1. The molecule has 2 aromatic rings. The van der Waals surface area contributed by atoms with Crippen LogP contribution in [0.15, 0.2) is 48.5 Å². The van der Waals surface area contributed by atoms with E-state index in [1.807, 2.05) is 43.3 Å². The third-order valence-corrected chi connectivity index (χ3v) is 4.00. The Hall–Kier alpha value is -2.49. The van der Waals surface area contributed by atoms with Gasteiger partial charge in [-0.2, -0.15) is 0 Å². The van der Waals surface area contributed by atoms with E-state index in [2.05, 4.69) is 36.6 Å². The smallest absolute Gasteiger partial charge is 0.243 e. The fourth-order valence-corrected chi connectivity index (χ4v) is 2.41. The van der Waals surface area contributed by atoms with Gasteiger partial charge in [-0.3, -0.25) is 4.79 Å². The second-order valence-corrected chi connectivity index (χ2v) is 5.76. The van der Waals surface area contributed by atoms with Crippen molar-refractivity contribution in [1.29, 1.82) is 0 Å². The van der Waals surface area contributed by atoms with E-state index in [1.54, 1.807) is 0 Å². The van der Waals surface area contributed by atoms with Crippen LogP contribution in [0.3, 0.4) is 0 Å². The molecule has 0 spiro atoms. The van der Waals surface area contributed by atoms with Gasteiger partial charge in [0, 0.05) is 5.69 Å². The zero-order valence-electron chi connectivity index (χ0n) is 14.6. The summed E-state index contributed by atoms with van der Waals surface area (Å²) < 4.78 is 5.54. The van der Waals surface area contributed by atoms with E-state index in [-0.39, 0.29) is 12.5 Å². The van der Waals surface area contributed by atoms with Crippen LogP contribution in [0.1, 0.15) is 38.7 Å². The Balaban J connectivity index is 1.89. The van der Waals surface area contributed by atoms with Crippen molar-refractivity contribution >= 4 is 17.3 Å². The van der Waals surface area contributed by atoms with Crippen molar-refractivity contribution < 1.29 is 9.53 Å². The van der Waals surface area contributed by atoms with Crippen LogP contribution >= 0.6 is 0 Å². The summed E-state index contributed by atoms with van der Waals surface area (Å²) in [6.07, 6.45) is 1.11. The summed E-state index contributed by atoms with van der Waals surface area (Å²) in [6.45, 7) is 7.09. The van der Waals surface area contributed by atoms with Crippen LogP contribution in [0.5, 0.6) is 5.75 Å². The predicted molar refractivity (Wildman–Crippen MR) is 99.9 cm³/mol. The van der Waals surface area contributed by atoms with Crippen LogP contribution < -0.4 is 15.4 Å². The molecule has 0 bridgehead atoms. The number of ether oxygens (including phenoxy) is 1. The maximum Gasteiger partial charge on any atom is 0.243 e. The first kappa shape index (κ1) is 17.9. The second kappa shape index (κ2) is 8.96. The van der Waals surface area contributed by atoms with Crippen molar-refractivity contribution in [3.05, 3.63) is 54.1 Å². The van der Waals surface area contributed by atoms with Crippen molar-refractivity contribution in [3.63, 3.8) is 0 Å². The van der Waals surface area contributed by atoms with Gasteiger partial charge in [0.1, 0.15) is 5.75 Å². The topological polar surface area (TPSA) is 50.4 Å². The van der Waals surface area contributed by atoms with Crippen molar-refractivity contribution in [2.45, 2.75) is 33.1 Å². The fourth-order valence-electron chi connectivity index (χ4n) is 2.41. The number of para-hydroxylation sites is 2. The largest absolute Gasteiger partial charge is 0.492 e. The van der Waals surface area contributed by atoms with Gasteiger partial charge in [-0.15, -0.1) is 0 Å². The predicted octanol–water partition coefficient (Wildman–Crippen LogP) is 4.65. The summed E-state index contributed by atoms with van der Waals surface area (Å²) >= 11 is 0. The molecular formula is C20H26N2O2. The molecule has 2 aromatic carbocycles. The number of carbonyl (C=O) groups excluding carboxylic acids is 1. The number of hydrogen-bond acceptors (Lipinski definition) is 3. The molecule has 1 atom stereocenters. The van der Waals surface area contributed by atoms with Gasteiger partial charge in [0.2, 0.25) is 5.91 Å². The van der Waals surface area contributed by atoms with Gasteiger partial charge < -0.3 is 15.4 Å². The Labute approximate surface area is 144 Å². The summed E-state index contributed by atoms with van der Waals surface area (Å²) in [5.41, 5.74) is 2.92. The van der Waals surface area contributed by atoms with Crippen LogP contribution in [0.25, 0.3) is 0 Å². The maximum absolute atomic E-state index is 12.1. The minimum atomic E-state index is -0.0856. The minimum Gasteiger partial charge on any atom is -0.492 e. The second-order valence-electron chi connectivity index (χ2n) is 5.76. The van der Waals surface area contributed by atoms with Gasteiger partial charge in [-0.25, -0.2) is 0 Å². The molecule has 128 valence electrons. The van der Waals surface area contributed by atoms with E-state index in [1.165, 1.54) is 5.56 Å². The molecule has 2 N–H and O–H groups in total. The Morgan fingerprint density at radius 3 is 2.46 bits per heavy atom. The van der Waals surface area contributed by atoms with Gasteiger partial charge in [0.05, 0.1) is 18.8 Å². The summed E-state index contributed by atoms with van der Waals surface area (Å²) in [4.78, 5) is 12.1. The number of carbonyl (C=O) groups is 1. The summed E-state index contributed by atoms with van der Waals surface area (Å²) in [5.74, 6) is 1.20. The van der Waals surface area contributed by atoms with E-state index in [0.29, 0.717) is 12.5 Å².